The zero-order valence-corrected chi connectivity index (χ0v) is 11.3. The summed E-state index contributed by atoms with van der Waals surface area (Å²) in [5.41, 5.74) is 1.37. The lowest BCUT2D eigenvalue weighted by Crippen LogP contribution is -2.23. The zero-order chi connectivity index (χ0) is 13.2. The molecule has 0 aliphatic carbocycles. The summed E-state index contributed by atoms with van der Waals surface area (Å²) in [6.45, 7) is 1.06. The minimum atomic E-state index is -0.0464. The Bertz CT molecular complexity index is 743. The van der Waals surface area contributed by atoms with E-state index in [1.165, 1.54) is 0 Å². The molecule has 3 aromatic heterocycles. The molecule has 0 amide bonds. The predicted molar refractivity (Wildman–Crippen MR) is 74.6 cm³/mol. The lowest BCUT2D eigenvalue weighted by atomic mass is 10.3. The third kappa shape index (κ3) is 2.20. The Hall–Kier alpha value is -1.92. The zero-order valence-electron chi connectivity index (χ0n) is 10.4. The van der Waals surface area contributed by atoms with E-state index in [9.17, 15) is 4.79 Å². The first-order valence-electron chi connectivity index (χ1n) is 5.91. The van der Waals surface area contributed by atoms with Crippen molar-refractivity contribution < 1.29 is 4.74 Å². The number of aromatic nitrogens is 3. The number of rotatable bonds is 4. The highest BCUT2D eigenvalue weighted by atomic mass is 32.1. The van der Waals surface area contributed by atoms with E-state index in [0.717, 1.165) is 10.6 Å². The van der Waals surface area contributed by atoms with Crippen molar-refractivity contribution in [2.75, 3.05) is 13.7 Å². The van der Waals surface area contributed by atoms with Crippen LogP contribution in [0.4, 0.5) is 0 Å². The summed E-state index contributed by atoms with van der Waals surface area (Å²) in [4.78, 5) is 13.3. The molecule has 3 heterocycles. The smallest absolute Gasteiger partial charge is 0.276 e. The second kappa shape index (κ2) is 4.99. The molecule has 5 nitrogen and oxygen atoms in total. The van der Waals surface area contributed by atoms with Gasteiger partial charge < -0.3 is 9.30 Å². The van der Waals surface area contributed by atoms with E-state index in [1.807, 2.05) is 23.6 Å². The van der Waals surface area contributed by atoms with Crippen molar-refractivity contribution in [1.29, 1.82) is 0 Å². The number of hydrogen-bond acceptors (Lipinski definition) is 4. The van der Waals surface area contributed by atoms with Crippen LogP contribution >= 0.6 is 11.3 Å². The fraction of sp³-hybridized carbons (Fsp3) is 0.231. The number of hydrogen-bond donors (Lipinski definition) is 0. The van der Waals surface area contributed by atoms with Gasteiger partial charge in [-0.15, -0.1) is 11.3 Å². The summed E-state index contributed by atoms with van der Waals surface area (Å²) in [7, 11) is 1.62. The number of nitrogens with zero attached hydrogens (tertiary/aromatic N) is 3. The summed E-state index contributed by atoms with van der Waals surface area (Å²) in [5.74, 6) is 0. The van der Waals surface area contributed by atoms with E-state index in [-0.39, 0.29) is 5.56 Å². The van der Waals surface area contributed by atoms with Gasteiger partial charge in [0.25, 0.3) is 5.56 Å². The third-order valence-corrected chi connectivity index (χ3v) is 3.81. The molecule has 0 N–H and O–H groups in total. The second-order valence-electron chi connectivity index (χ2n) is 4.13. The molecule has 0 saturated heterocycles. The first-order valence-corrected chi connectivity index (χ1v) is 6.79. The van der Waals surface area contributed by atoms with Crippen LogP contribution in [-0.2, 0) is 11.3 Å². The molecule has 0 unspecified atom stereocenters. The van der Waals surface area contributed by atoms with Crippen LogP contribution in [0.2, 0.25) is 0 Å². The van der Waals surface area contributed by atoms with Gasteiger partial charge in [-0.2, -0.15) is 5.10 Å². The summed E-state index contributed by atoms with van der Waals surface area (Å²) < 4.78 is 8.26. The van der Waals surface area contributed by atoms with E-state index in [4.69, 9.17) is 4.74 Å². The highest BCUT2D eigenvalue weighted by Crippen LogP contribution is 2.23. The molecular weight excluding hydrogens is 262 g/mol. The normalized spacial score (nSPS) is 11.2. The summed E-state index contributed by atoms with van der Waals surface area (Å²) >= 11 is 1.61. The SMILES string of the molecule is COCCn1ccn2nc(-c3cccs3)cc2c1=O. The van der Waals surface area contributed by atoms with E-state index < -0.39 is 0 Å². The van der Waals surface area contributed by atoms with Gasteiger partial charge >= 0.3 is 0 Å². The number of fused-ring (bicyclic) bond motifs is 1. The van der Waals surface area contributed by atoms with Gasteiger partial charge in [0, 0.05) is 26.0 Å². The van der Waals surface area contributed by atoms with Crippen LogP contribution in [0.25, 0.3) is 16.1 Å². The molecule has 0 atom stereocenters. The average Bonchev–Trinajstić information content (AvgIpc) is 3.07. The summed E-state index contributed by atoms with van der Waals surface area (Å²) in [5, 5.41) is 6.42. The second-order valence-corrected chi connectivity index (χ2v) is 5.07. The van der Waals surface area contributed by atoms with E-state index in [2.05, 4.69) is 5.10 Å². The maximum absolute atomic E-state index is 12.3. The van der Waals surface area contributed by atoms with Crippen LogP contribution in [0.1, 0.15) is 0 Å². The minimum Gasteiger partial charge on any atom is -0.383 e. The summed E-state index contributed by atoms with van der Waals surface area (Å²) in [6, 6.07) is 5.80. The predicted octanol–water partition coefficient (Wildman–Crippen LogP) is 1.87. The van der Waals surface area contributed by atoms with Crippen molar-refractivity contribution in [3.05, 3.63) is 46.3 Å². The quantitative estimate of drug-likeness (QED) is 0.730. The minimum absolute atomic E-state index is 0.0464. The fourth-order valence-electron chi connectivity index (χ4n) is 1.94. The molecule has 0 spiro atoms. The molecule has 0 radical (unpaired) electrons. The van der Waals surface area contributed by atoms with Gasteiger partial charge in [-0.1, -0.05) is 6.07 Å². The molecule has 0 aliphatic rings. The van der Waals surface area contributed by atoms with Gasteiger partial charge in [0.05, 0.1) is 11.5 Å². The Balaban J connectivity index is 2.08. The molecular formula is C13H13N3O2S. The molecule has 3 rings (SSSR count). The van der Waals surface area contributed by atoms with Crippen molar-refractivity contribution >= 4 is 16.9 Å². The first kappa shape index (κ1) is 12.1. The Labute approximate surface area is 113 Å². The Kier molecular flexibility index (Phi) is 3.18. The Morgan fingerprint density at radius 2 is 2.32 bits per heavy atom. The van der Waals surface area contributed by atoms with Gasteiger partial charge in [0.1, 0.15) is 11.2 Å². The van der Waals surface area contributed by atoms with Crippen LogP contribution in [0, 0.1) is 0 Å². The van der Waals surface area contributed by atoms with E-state index in [1.54, 1.807) is 39.9 Å². The molecule has 3 aromatic rings. The average molecular weight is 275 g/mol. The largest absolute Gasteiger partial charge is 0.383 e. The molecule has 0 aliphatic heterocycles. The summed E-state index contributed by atoms with van der Waals surface area (Å²) in [6.07, 6.45) is 3.53. The lowest BCUT2D eigenvalue weighted by molar-refractivity contribution is 0.186. The van der Waals surface area contributed by atoms with Crippen molar-refractivity contribution in [3.63, 3.8) is 0 Å². The topological polar surface area (TPSA) is 48.5 Å². The number of thiophene rings is 1. The van der Waals surface area contributed by atoms with Gasteiger partial charge in [-0.05, 0) is 17.5 Å². The maximum atomic E-state index is 12.3. The van der Waals surface area contributed by atoms with Crippen molar-refractivity contribution in [3.8, 4) is 10.6 Å². The Morgan fingerprint density at radius 3 is 3.05 bits per heavy atom. The molecule has 19 heavy (non-hydrogen) atoms. The maximum Gasteiger partial charge on any atom is 0.276 e. The van der Waals surface area contributed by atoms with Crippen molar-refractivity contribution in [2.24, 2.45) is 0 Å². The molecule has 0 bridgehead atoms. The van der Waals surface area contributed by atoms with Crippen molar-refractivity contribution in [2.45, 2.75) is 6.54 Å². The monoisotopic (exact) mass is 275 g/mol. The standard InChI is InChI=1S/C13H13N3O2S/c1-18-7-6-15-4-5-16-11(13(15)17)9-10(14-16)12-3-2-8-19-12/h2-5,8-9H,6-7H2,1H3. The van der Waals surface area contributed by atoms with Gasteiger partial charge in [0.2, 0.25) is 0 Å². The van der Waals surface area contributed by atoms with Crippen molar-refractivity contribution in [1.82, 2.24) is 14.2 Å². The van der Waals surface area contributed by atoms with Crippen LogP contribution in [0.3, 0.4) is 0 Å². The first-order chi connectivity index (χ1) is 9.29. The van der Waals surface area contributed by atoms with Gasteiger partial charge in [-0.25, -0.2) is 4.52 Å². The van der Waals surface area contributed by atoms with Gasteiger partial charge in [0.15, 0.2) is 0 Å². The molecule has 0 fully saturated rings. The highest BCUT2D eigenvalue weighted by Gasteiger charge is 2.09. The van der Waals surface area contributed by atoms with Crippen LogP contribution in [0.5, 0.6) is 0 Å². The molecule has 6 heteroatoms. The van der Waals surface area contributed by atoms with Crippen LogP contribution in [0.15, 0.2) is 40.8 Å². The van der Waals surface area contributed by atoms with Crippen LogP contribution in [-0.4, -0.2) is 27.9 Å². The third-order valence-electron chi connectivity index (χ3n) is 2.91. The number of methoxy groups -OCH3 is 1. The molecule has 98 valence electrons. The number of ether oxygens (including phenoxy) is 1. The molecule has 0 saturated carbocycles. The van der Waals surface area contributed by atoms with E-state index >= 15 is 0 Å². The van der Waals surface area contributed by atoms with Crippen LogP contribution < -0.4 is 5.56 Å². The highest BCUT2D eigenvalue weighted by molar-refractivity contribution is 7.13. The van der Waals surface area contributed by atoms with Gasteiger partial charge in [-0.3, -0.25) is 4.79 Å². The fourth-order valence-corrected chi connectivity index (χ4v) is 2.62. The lowest BCUT2D eigenvalue weighted by Gasteiger charge is -2.04. The molecule has 0 aromatic carbocycles. The Morgan fingerprint density at radius 1 is 1.42 bits per heavy atom. The van der Waals surface area contributed by atoms with E-state index in [0.29, 0.717) is 18.7 Å².